The summed E-state index contributed by atoms with van der Waals surface area (Å²) in [6.45, 7) is 17.8. The van der Waals surface area contributed by atoms with Crippen molar-refractivity contribution in [1.82, 2.24) is 35.1 Å². The minimum Gasteiger partial charge on any atom is -0.486 e. The number of piperidine rings is 2. The molecule has 0 amide bonds. The number of rotatable bonds is 11. The molecule has 0 spiro atoms. The highest BCUT2D eigenvalue weighted by atomic mass is 35.5. The standard InChI is InChI=1S/C27H32F2N6O.C26H29F2N5O.ClH/c1-4-34-9-7-18(8-10-34)19-5-6-24(30-15-19)32-27-31-16-22(29)25(33-27)20-13-21(28)26-23(14-20)35(17(2)3)11-12-36-26;1-16(2)33-9-10-34-26-21(27)11-19(12-23(26)33)20-13-25(31-15-22(20)28)32-24-4-3-18(14-30-24)17-5-7-29-8-6-17;/h5-6,13-18H,4,7-12H2,1-3H3,(H,30,31,32,33);3-4,11-17,29H,5-10H2,1-2H3,(H,30,31,32);1H. The van der Waals surface area contributed by atoms with E-state index in [4.69, 9.17) is 9.47 Å². The lowest BCUT2D eigenvalue weighted by Gasteiger charge is -2.35. The molecule has 0 unspecified atom stereocenters. The Hall–Kier alpha value is -6.30. The monoisotopic (exact) mass is 995 g/mol. The van der Waals surface area contributed by atoms with E-state index < -0.39 is 23.3 Å². The number of nitrogens with zero attached hydrogens (tertiary/aromatic N) is 8. The molecule has 13 nitrogen and oxygen atoms in total. The Morgan fingerprint density at radius 3 is 1.70 bits per heavy atom. The zero-order valence-electron chi connectivity index (χ0n) is 40.8. The summed E-state index contributed by atoms with van der Waals surface area (Å²) in [4.78, 5) is 28.2. The van der Waals surface area contributed by atoms with Gasteiger partial charge in [0.25, 0.3) is 0 Å². The molecular weight excluding hydrogens is 934 g/mol. The number of pyridine rings is 3. The van der Waals surface area contributed by atoms with Crippen molar-refractivity contribution < 1.29 is 27.0 Å². The van der Waals surface area contributed by atoms with Gasteiger partial charge in [0.1, 0.15) is 42.2 Å². The smallest absolute Gasteiger partial charge is 0.229 e. The van der Waals surface area contributed by atoms with Gasteiger partial charge < -0.3 is 40.1 Å². The first kappa shape index (κ1) is 51.1. The Morgan fingerprint density at radius 1 is 0.606 bits per heavy atom. The van der Waals surface area contributed by atoms with E-state index in [1.807, 2.05) is 57.1 Å². The Kier molecular flexibility index (Phi) is 16.4. The van der Waals surface area contributed by atoms with E-state index in [1.165, 1.54) is 23.3 Å². The molecule has 4 aliphatic rings. The first-order chi connectivity index (χ1) is 33.9. The molecular formula is C53H62ClF4N11O2. The fourth-order valence-corrected chi connectivity index (χ4v) is 9.75. The van der Waals surface area contributed by atoms with Crippen molar-refractivity contribution in [3.05, 3.63) is 114 Å². The number of benzene rings is 2. The Morgan fingerprint density at radius 2 is 1.14 bits per heavy atom. The van der Waals surface area contributed by atoms with Crippen LogP contribution >= 0.6 is 12.4 Å². The van der Waals surface area contributed by atoms with Crippen LogP contribution in [0.25, 0.3) is 22.4 Å². The van der Waals surface area contributed by atoms with Crippen molar-refractivity contribution in [3.8, 4) is 33.9 Å². The van der Waals surface area contributed by atoms with Crippen LogP contribution in [0.5, 0.6) is 11.5 Å². The number of hydrogen-bond donors (Lipinski definition) is 3. The Balaban J connectivity index is 0.000000188. The van der Waals surface area contributed by atoms with Gasteiger partial charge in [0, 0.05) is 35.6 Å². The van der Waals surface area contributed by atoms with Gasteiger partial charge in [-0.25, -0.2) is 42.5 Å². The van der Waals surface area contributed by atoms with Gasteiger partial charge in [-0.05, 0) is 157 Å². The second-order valence-corrected chi connectivity index (χ2v) is 18.8. The number of aromatic nitrogens is 5. The van der Waals surface area contributed by atoms with E-state index in [-0.39, 0.29) is 53.2 Å². The average Bonchev–Trinajstić information content (AvgIpc) is 3.38. The fourth-order valence-electron chi connectivity index (χ4n) is 9.75. The largest absolute Gasteiger partial charge is 0.486 e. The average molecular weight is 997 g/mol. The van der Waals surface area contributed by atoms with Crippen LogP contribution in [0.1, 0.15) is 83.3 Å². The maximum absolute atomic E-state index is 14.9. The molecule has 2 saturated heterocycles. The van der Waals surface area contributed by atoms with Crippen LogP contribution < -0.4 is 35.2 Å². The van der Waals surface area contributed by atoms with Crippen molar-refractivity contribution in [3.63, 3.8) is 0 Å². The molecule has 71 heavy (non-hydrogen) atoms. The summed E-state index contributed by atoms with van der Waals surface area (Å²) in [6.07, 6.45) is 10.5. The van der Waals surface area contributed by atoms with Gasteiger partial charge in [-0.2, -0.15) is 0 Å². The molecule has 0 atom stereocenters. The molecule has 18 heteroatoms. The van der Waals surface area contributed by atoms with Gasteiger partial charge in [0.15, 0.2) is 29.0 Å². The molecule has 3 N–H and O–H groups in total. The van der Waals surface area contributed by atoms with Crippen LogP contribution in [0.3, 0.4) is 0 Å². The van der Waals surface area contributed by atoms with Gasteiger partial charge in [0.05, 0.1) is 36.9 Å². The van der Waals surface area contributed by atoms with Gasteiger partial charge in [-0.15, -0.1) is 12.4 Å². The highest BCUT2D eigenvalue weighted by Gasteiger charge is 2.28. The van der Waals surface area contributed by atoms with Crippen LogP contribution in [0.15, 0.2) is 79.4 Å². The number of hydrogen-bond acceptors (Lipinski definition) is 13. The van der Waals surface area contributed by atoms with Crippen LogP contribution in [0, 0.1) is 23.3 Å². The van der Waals surface area contributed by atoms with Crippen molar-refractivity contribution >= 4 is 47.2 Å². The zero-order chi connectivity index (χ0) is 48.9. The Labute approximate surface area is 419 Å². The van der Waals surface area contributed by atoms with E-state index in [1.54, 1.807) is 18.2 Å². The number of ether oxygens (including phenoxy) is 2. The van der Waals surface area contributed by atoms with Crippen LogP contribution in [-0.2, 0) is 0 Å². The van der Waals surface area contributed by atoms with Crippen molar-refractivity contribution in [2.24, 2.45) is 0 Å². The lowest BCUT2D eigenvalue weighted by atomic mass is 9.90. The molecule has 6 aromatic rings. The molecule has 0 bridgehead atoms. The maximum Gasteiger partial charge on any atom is 0.229 e. The Bertz CT molecular complexity index is 2760. The first-order valence-corrected chi connectivity index (χ1v) is 24.5. The number of halogens is 5. The first-order valence-electron chi connectivity index (χ1n) is 24.5. The van der Waals surface area contributed by atoms with Crippen LogP contribution in [0.2, 0.25) is 0 Å². The summed E-state index contributed by atoms with van der Waals surface area (Å²) in [6, 6.07) is 15.9. The highest BCUT2D eigenvalue weighted by Crippen LogP contribution is 2.42. The summed E-state index contributed by atoms with van der Waals surface area (Å²) in [7, 11) is 0. The third-order valence-corrected chi connectivity index (χ3v) is 13.6. The minimum absolute atomic E-state index is 0. The topological polar surface area (TPSA) is 129 Å². The summed E-state index contributed by atoms with van der Waals surface area (Å²) < 4.78 is 70.5. The maximum atomic E-state index is 14.9. The molecule has 0 aliphatic carbocycles. The predicted molar refractivity (Wildman–Crippen MR) is 274 cm³/mol. The number of nitrogens with one attached hydrogen (secondary N) is 3. The molecule has 10 rings (SSSR count). The predicted octanol–water partition coefficient (Wildman–Crippen LogP) is 11.0. The normalized spacial score (nSPS) is 16.3. The van der Waals surface area contributed by atoms with Crippen molar-refractivity contribution in [2.45, 2.75) is 84.2 Å². The fraction of sp³-hybridized carbons (Fsp3) is 0.415. The summed E-state index contributed by atoms with van der Waals surface area (Å²) in [5.41, 5.74) is 4.72. The van der Waals surface area contributed by atoms with Crippen LogP contribution in [-0.4, -0.2) is 101 Å². The van der Waals surface area contributed by atoms with Gasteiger partial charge in [-0.3, -0.25) is 0 Å². The second-order valence-electron chi connectivity index (χ2n) is 18.8. The molecule has 376 valence electrons. The van der Waals surface area contributed by atoms with E-state index in [0.717, 1.165) is 70.8 Å². The molecule has 4 aliphatic heterocycles. The molecule has 8 heterocycles. The van der Waals surface area contributed by atoms with Gasteiger partial charge >= 0.3 is 0 Å². The zero-order valence-corrected chi connectivity index (χ0v) is 41.6. The van der Waals surface area contributed by atoms with E-state index >= 15 is 0 Å². The molecule has 0 saturated carbocycles. The molecule has 2 aromatic carbocycles. The number of likely N-dealkylation sites (tertiary alicyclic amines) is 1. The molecule has 4 aromatic heterocycles. The van der Waals surface area contributed by atoms with Crippen LogP contribution in [0.4, 0.5) is 52.3 Å². The quantitative estimate of drug-likeness (QED) is 0.107. The summed E-state index contributed by atoms with van der Waals surface area (Å²) in [5.74, 6) is 1.07. The van der Waals surface area contributed by atoms with E-state index in [2.05, 4.69) is 69.7 Å². The number of anilines is 6. The minimum atomic E-state index is -0.630. The lowest BCUT2D eigenvalue weighted by molar-refractivity contribution is 0.222. The third kappa shape index (κ3) is 11.7. The summed E-state index contributed by atoms with van der Waals surface area (Å²) >= 11 is 0. The van der Waals surface area contributed by atoms with Gasteiger partial charge in [-0.1, -0.05) is 19.1 Å². The van der Waals surface area contributed by atoms with Gasteiger partial charge in [0.2, 0.25) is 5.95 Å². The highest BCUT2D eigenvalue weighted by molar-refractivity contribution is 5.85. The lowest BCUT2D eigenvalue weighted by Crippen LogP contribution is -2.38. The number of fused-ring (bicyclic) bond motifs is 2. The van der Waals surface area contributed by atoms with E-state index in [9.17, 15) is 17.6 Å². The van der Waals surface area contributed by atoms with E-state index in [0.29, 0.717) is 78.1 Å². The molecule has 2 fully saturated rings. The summed E-state index contributed by atoms with van der Waals surface area (Å²) in [5, 5.41) is 9.57. The second kappa shape index (κ2) is 22.8. The SMILES string of the molecule is CC(C)N1CCOc2c(F)cc(-c3cc(Nc4ccc(C5CCNCC5)cn4)ncc3F)cc21.CCN1CCC(c2ccc(Nc3ncc(F)c(-c4cc(F)c5c(c4)N(C(C)C)CCO5)n3)nc2)CC1.Cl. The van der Waals surface area contributed by atoms with Crippen molar-refractivity contribution in [1.29, 1.82) is 0 Å². The third-order valence-electron chi connectivity index (χ3n) is 13.6. The molecule has 0 radical (unpaired) electrons. The van der Waals surface area contributed by atoms with Crippen molar-refractivity contribution in [2.75, 3.05) is 79.5 Å².